The molecule has 0 aliphatic carbocycles. The standard InChI is InChI=1S/C65H114O6/c1-4-7-10-13-16-19-22-25-28-31-32-35-37-40-43-46-49-52-55-58-64(67)70-61-62(71-65(68)59-56-53-50-47-44-41-38-34-30-27-24-21-18-15-12-9-6-3)60-69-63(66)57-54-51-48-45-42-39-36-33-29-26-23-20-17-14-11-8-5-2/h16,18-19,21,25,27-28,30,32,35,38,41,62H,4-15,17,20,22-24,26,29,31,33-34,36-37,39-40,42-61H2,1-3H3/b19-16-,21-18-,28-25-,30-27-,35-32-,41-38-/t62-/m1/s1. The van der Waals surface area contributed by atoms with Crippen LogP contribution in [0.2, 0.25) is 0 Å². The Balaban J connectivity index is 4.43. The molecule has 0 spiro atoms. The Bertz CT molecular complexity index is 1320. The monoisotopic (exact) mass is 991 g/mol. The van der Waals surface area contributed by atoms with Gasteiger partial charge in [-0.05, 0) is 96.3 Å². The summed E-state index contributed by atoms with van der Waals surface area (Å²) in [7, 11) is 0. The molecular weight excluding hydrogens is 877 g/mol. The van der Waals surface area contributed by atoms with Crippen LogP contribution < -0.4 is 0 Å². The maximum atomic E-state index is 12.9. The van der Waals surface area contributed by atoms with E-state index in [1.165, 1.54) is 161 Å². The number of hydrogen-bond donors (Lipinski definition) is 0. The molecule has 1 atom stereocenters. The summed E-state index contributed by atoms with van der Waals surface area (Å²) in [6.07, 6.45) is 76.0. The van der Waals surface area contributed by atoms with Gasteiger partial charge in [0.05, 0.1) is 0 Å². The van der Waals surface area contributed by atoms with Crippen LogP contribution >= 0.6 is 0 Å². The zero-order chi connectivity index (χ0) is 51.4. The molecule has 0 heterocycles. The second-order valence-electron chi connectivity index (χ2n) is 20.3. The maximum absolute atomic E-state index is 12.9. The summed E-state index contributed by atoms with van der Waals surface area (Å²) in [6.45, 7) is 6.59. The van der Waals surface area contributed by atoms with Gasteiger partial charge in [-0.25, -0.2) is 0 Å². The normalized spacial score (nSPS) is 12.5. The van der Waals surface area contributed by atoms with Crippen LogP contribution in [0.1, 0.15) is 303 Å². The molecule has 0 fully saturated rings. The van der Waals surface area contributed by atoms with Crippen LogP contribution in [0.3, 0.4) is 0 Å². The summed E-state index contributed by atoms with van der Waals surface area (Å²) in [5.41, 5.74) is 0. The predicted octanol–water partition coefficient (Wildman–Crippen LogP) is 20.5. The predicted molar refractivity (Wildman–Crippen MR) is 307 cm³/mol. The Morgan fingerprint density at radius 2 is 0.507 bits per heavy atom. The second-order valence-corrected chi connectivity index (χ2v) is 20.3. The lowest BCUT2D eigenvalue weighted by molar-refractivity contribution is -0.167. The molecule has 0 unspecified atom stereocenters. The third-order valence-corrected chi connectivity index (χ3v) is 13.2. The van der Waals surface area contributed by atoms with Gasteiger partial charge < -0.3 is 14.2 Å². The van der Waals surface area contributed by atoms with E-state index in [1.807, 2.05) is 0 Å². The minimum absolute atomic E-state index is 0.0865. The number of rotatable bonds is 55. The number of hydrogen-bond acceptors (Lipinski definition) is 6. The molecule has 410 valence electrons. The lowest BCUT2D eigenvalue weighted by Crippen LogP contribution is -2.30. The minimum Gasteiger partial charge on any atom is -0.462 e. The molecule has 0 aliphatic rings. The second kappa shape index (κ2) is 59.4. The molecule has 0 amide bonds. The minimum atomic E-state index is -0.792. The van der Waals surface area contributed by atoms with Crippen LogP contribution in [0.25, 0.3) is 0 Å². The molecule has 6 heteroatoms. The quantitative estimate of drug-likeness (QED) is 0.0261. The molecule has 0 aromatic heterocycles. The van der Waals surface area contributed by atoms with E-state index in [2.05, 4.69) is 93.7 Å². The maximum Gasteiger partial charge on any atom is 0.306 e. The van der Waals surface area contributed by atoms with Crippen molar-refractivity contribution in [3.8, 4) is 0 Å². The average molecular weight is 992 g/mol. The van der Waals surface area contributed by atoms with Gasteiger partial charge in [-0.2, -0.15) is 0 Å². The SMILES string of the molecule is CCCCC/C=C\C/C=C\C/C=C\CCCCCCCCC(=O)OC[C@@H](COC(=O)CCCCCCCCCCCCCCCCCCC)OC(=O)CCCCCC/C=C\C/C=C\C/C=C\CCCCC. The highest BCUT2D eigenvalue weighted by Gasteiger charge is 2.19. The third kappa shape index (κ3) is 57.6. The van der Waals surface area contributed by atoms with Crippen molar-refractivity contribution >= 4 is 17.9 Å². The molecule has 0 saturated heterocycles. The van der Waals surface area contributed by atoms with Crippen molar-refractivity contribution in [3.05, 3.63) is 72.9 Å². The van der Waals surface area contributed by atoms with Gasteiger partial charge in [-0.1, -0.05) is 261 Å². The van der Waals surface area contributed by atoms with E-state index in [0.717, 1.165) is 103 Å². The van der Waals surface area contributed by atoms with Crippen molar-refractivity contribution in [2.45, 2.75) is 309 Å². The summed E-state index contributed by atoms with van der Waals surface area (Å²) in [5, 5.41) is 0. The first-order valence-corrected chi connectivity index (χ1v) is 30.4. The summed E-state index contributed by atoms with van der Waals surface area (Å²) in [6, 6.07) is 0. The van der Waals surface area contributed by atoms with Crippen molar-refractivity contribution < 1.29 is 28.6 Å². The van der Waals surface area contributed by atoms with Gasteiger partial charge in [-0.15, -0.1) is 0 Å². The van der Waals surface area contributed by atoms with Gasteiger partial charge in [0, 0.05) is 19.3 Å². The molecule has 0 N–H and O–H groups in total. The summed E-state index contributed by atoms with van der Waals surface area (Å²) < 4.78 is 16.9. The first-order valence-electron chi connectivity index (χ1n) is 30.4. The van der Waals surface area contributed by atoms with Gasteiger partial charge in [0.1, 0.15) is 13.2 Å². The fourth-order valence-electron chi connectivity index (χ4n) is 8.57. The number of unbranched alkanes of at least 4 members (excludes halogenated alkanes) is 32. The van der Waals surface area contributed by atoms with Crippen LogP contribution in [0.4, 0.5) is 0 Å². The van der Waals surface area contributed by atoms with Crippen molar-refractivity contribution in [3.63, 3.8) is 0 Å². The Morgan fingerprint density at radius 1 is 0.282 bits per heavy atom. The molecule has 6 nitrogen and oxygen atoms in total. The van der Waals surface area contributed by atoms with Crippen LogP contribution in [-0.4, -0.2) is 37.2 Å². The number of esters is 3. The average Bonchev–Trinajstić information content (AvgIpc) is 3.37. The van der Waals surface area contributed by atoms with E-state index >= 15 is 0 Å². The Kier molecular flexibility index (Phi) is 56.8. The molecule has 0 aliphatic heterocycles. The molecule has 0 bridgehead atoms. The van der Waals surface area contributed by atoms with Gasteiger partial charge in [0.15, 0.2) is 6.10 Å². The highest BCUT2D eigenvalue weighted by molar-refractivity contribution is 5.71. The number of carbonyl (C=O) groups excluding carboxylic acids is 3. The highest BCUT2D eigenvalue weighted by atomic mass is 16.6. The lowest BCUT2D eigenvalue weighted by atomic mass is 10.0. The van der Waals surface area contributed by atoms with Gasteiger partial charge >= 0.3 is 17.9 Å². The van der Waals surface area contributed by atoms with Gasteiger partial charge in [-0.3, -0.25) is 14.4 Å². The first kappa shape index (κ1) is 67.8. The van der Waals surface area contributed by atoms with E-state index in [-0.39, 0.29) is 31.1 Å². The zero-order valence-electron chi connectivity index (χ0n) is 47.0. The van der Waals surface area contributed by atoms with Crippen LogP contribution in [0.15, 0.2) is 72.9 Å². The topological polar surface area (TPSA) is 78.9 Å². The van der Waals surface area contributed by atoms with E-state index < -0.39 is 6.10 Å². The largest absolute Gasteiger partial charge is 0.462 e. The Labute approximate surface area is 440 Å². The van der Waals surface area contributed by atoms with Gasteiger partial charge in [0.2, 0.25) is 0 Å². The fourth-order valence-corrected chi connectivity index (χ4v) is 8.57. The van der Waals surface area contributed by atoms with Crippen molar-refractivity contribution in [2.24, 2.45) is 0 Å². The van der Waals surface area contributed by atoms with E-state index in [1.54, 1.807) is 0 Å². The highest BCUT2D eigenvalue weighted by Crippen LogP contribution is 2.16. The van der Waals surface area contributed by atoms with Crippen molar-refractivity contribution in [1.82, 2.24) is 0 Å². The number of carbonyl (C=O) groups is 3. The summed E-state index contributed by atoms with van der Waals surface area (Å²) in [4.78, 5) is 38.3. The smallest absolute Gasteiger partial charge is 0.306 e. The first-order chi connectivity index (χ1) is 35.0. The van der Waals surface area contributed by atoms with Crippen molar-refractivity contribution in [1.29, 1.82) is 0 Å². The Hall–Kier alpha value is -3.15. The molecule has 0 saturated carbocycles. The third-order valence-electron chi connectivity index (χ3n) is 13.2. The number of ether oxygens (including phenoxy) is 3. The van der Waals surface area contributed by atoms with E-state index in [0.29, 0.717) is 19.3 Å². The van der Waals surface area contributed by atoms with E-state index in [4.69, 9.17) is 14.2 Å². The van der Waals surface area contributed by atoms with Gasteiger partial charge in [0.25, 0.3) is 0 Å². The van der Waals surface area contributed by atoms with Crippen LogP contribution in [-0.2, 0) is 28.6 Å². The van der Waals surface area contributed by atoms with Crippen LogP contribution in [0, 0.1) is 0 Å². The van der Waals surface area contributed by atoms with E-state index in [9.17, 15) is 14.4 Å². The molecule has 0 aromatic carbocycles. The molecule has 71 heavy (non-hydrogen) atoms. The van der Waals surface area contributed by atoms with Crippen molar-refractivity contribution in [2.75, 3.05) is 13.2 Å². The fraction of sp³-hybridized carbons (Fsp3) is 0.769. The van der Waals surface area contributed by atoms with Crippen LogP contribution in [0.5, 0.6) is 0 Å². The molecule has 0 rings (SSSR count). The molecule has 0 radical (unpaired) electrons. The summed E-state index contributed by atoms with van der Waals surface area (Å²) >= 11 is 0. The number of allylic oxidation sites excluding steroid dienone is 12. The summed E-state index contributed by atoms with van der Waals surface area (Å²) in [5.74, 6) is -0.908. The molecular formula is C65H114O6. The Morgan fingerprint density at radius 3 is 0.817 bits per heavy atom. The lowest BCUT2D eigenvalue weighted by Gasteiger charge is -2.18. The zero-order valence-corrected chi connectivity index (χ0v) is 47.0. The molecule has 0 aromatic rings.